The molecule has 19 heavy (non-hydrogen) atoms. The molecule has 0 bridgehead atoms. The largest absolute Gasteiger partial charge is 0.380 e. The average molecular weight is 331 g/mol. The highest BCUT2D eigenvalue weighted by Crippen LogP contribution is 2.22. The van der Waals surface area contributed by atoms with E-state index in [1.54, 1.807) is 13.2 Å². The molecule has 0 unspecified atom stereocenters. The summed E-state index contributed by atoms with van der Waals surface area (Å²) < 4.78 is 19.7. The Hall–Kier alpha value is -0.490. The Morgan fingerprint density at radius 3 is 2.79 bits per heavy atom. The van der Waals surface area contributed by atoms with Crippen LogP contribution in [0.2, 0.25) is 0 Å². The van der Waals surface area contributed by atoms with Gasteiger partial charge < -0.3 is 15.0 Å². The third-order valence-corrected chi connectivity index (χ3v) is 3.96. The monoisotopic (exact) mass is 330 g/mol. The zero-order valence-corrected chi connectivity index (χ0v) is 12.8. The molecule has 0 aliphatic carbocycles. The maximum absolute atomic E-state index is 14.1. The highest BCUT2D eigenvalue weighted by atomic mass is 79.9. The smallest absolute Gasteiger partial charge is 0.140 e. The molecule has 2 rings (SSSR count). The maximum atomic E-state index is 14.1. The first-order valence-electron chi connectivity index (χ1n) is 6.59. The van der Waals surface area contributed by atoms with E-state index in [1.807, 2.05) is 6.07 Å². The second-order valence-electron chi connectivity index (χ2n) is 4.83. The molecule has 0 atom stereocenters. The Morgan fingerprint density at radius 2 is 2.11 bits per heavy atom. The van der Waals surface area contributed by atoms with Crippen molar-refractivity contribution >= 4 is 15.9 Å². The number of hydrogen-bond donors (Lipinski definition) is 1. The Balaban J connectivity index is 2.01. The van der Waals surface area contributed by atoms with Gasteiger partial charge in [-0.15, -0.1) is 0 Å². The number of nitrogens with zero attached hydrogens (tertiary/aromatic N) is 1. The lowest BCUT2D eigenvalue weighted by Crippen LogP contribution is -2.44. The third-order valence-electron chi connectivity index (χ3n) is 3.38. The normalized spacial score (nSPS) is 16.8. The van der Waals surface area contributed by atoms with Crippen LogP contribution in [0, 0.1) is 5.82 Å². The van der Waals surface area contributed by atoms with Gasteiger partial charge in [-0.2, -0.15) is 0 Å². The van der Waals surface area contributed by atoms with Gasteiger partial charge in [0.2, 0.25) is 0 Å². The first-order valence-corrected chi connectivity index (χ1v) is 7.39. The van der Waals surface area contributed by atoms with Gasteiger partial charge in [0, 0.05) is 39.8 Å². The van der Waals surface area contributed by atoms with Gasteiger partial charge in [-0.3, -0.25) is 0 Å². The molecule has 1 saturated heterocycles. The number of nitrogens with one attached hydrogen (secondary N) is 1. The molecule has 106 valence electrons. The minimum Gasteiger partial charge on any atom is -0.380 e. The van der Waals surface area contributed by atoms with E-state index in [4.69, 9.17) is 4.74 Å². The van der Waals surface area contributed by atoms with Crippen LogP contribution in [0.4, 0.5) is 4.39 Å². The van der Waals surface area contributed by atoms with E-state index in [-0.39, 0.29) is 5.82 Å². The molecule has 1 aliphatic heterocycles. The molecule has 3 nitrogen and oxygen atoms in total. The SMILES string of the molecule is COCc1cc(Br)c(F)c(CCN2CCNCC2)c1. The van der Waals surface area contributed by atoms with Crippen molar-refractivity contribution in [2.75, 3.05) is 39.8 Å². The molecule has 5 heteroatoms. The fourth-order valence-electron chi connectivity index (χ4n) is 2.35. The van der Waals surface area contributed by atoms with Gasteiger partial charge in [-0.1, -0.05) is 6.07 Å². The summed E-state index contributed by atoms with van der Waals surface area (Å²) in [6, 6.07) is 3.69. The lowest BCUT2D eigenvalue weighted by molar-refractivity contribution is 0.184. The number of piperazine rings is 1. The zero-order chi connectivity index (χ0) is 13.7. The van der Waals surface area contributed by atoms with Crippen LogP contribution in [0.5, 0.6) is 0 Å². The molecule has 0 saturated carbocycles. The van der Waals surface area contributed by atoms with Crippen molar-refractivity contribution in [3.63, 3.8) is 0 Å². The molecule has 0 aromatic heterocycles. The first kappa shape index (κ1) is 14.9. The summed E-state index contributed by atoms with van der Waals surface area (Å²) in [5.41, 5.74) is 1.77. The van der Waals surface area contributed by atoms with E-state index in [9.17, 15) is 4.39 Å². The predicted molar refractivity (Wildman–Crippen MR) is 77.8 cm³/mol. The van der Waals surface area contributed by atoms with E-state index in [1.165, 1.54) is 0 Å². The summed E-state index contributed by atoms with van der Waals surface area (Å²) >= 11 is 3.28. The van der Waals surface area contributed by atoms with Crippen LogP contribution in [-0.2, 0) is 17.8 Å². The van der Waals surface area contributed by atoms with Gasteiger partial charge in [-0.05, 0) is 39.5 Å². The van der Waals surface area contributed by atoms with Crippen LogP contribution in [0.1, 0.15) is 11.1 Å². The molecule has 1 aliphatic rings. The molecule has 1 fully saturated rings. The molecular weight excluding hydrogens is 311 g/mol. The average Bonchev–Trinajstić information content (AvgIpc) is 2.42. The van der Waals surface area contributed by atoms with Crippen molar-refractivity contribution in [3.05, 3.63) is 33.5 Å². The van der Waals surface area contributed by atoms with E-state index in [0.717, 1.165) is 50.3 Å². The lowest BCUT2D eigenvalue weighted by Gasteiger charge is -2.27. The highest BCUT2D eigenvalue weighted by Gasteiger charge is 2.13. The van der Waals surface area contributed by atoms with Gasteiger partial charge in [0.1, 0.15) is 5.82 Å². The van der Waals surface area contributed by atoms with Crippen LogP contribution in [-0.4, -0.2) is 44.7 Å². The molecular formula is C14H20BrFN2O. The number of hydrogen-bond acceptors (Lipinski definition) is 3. The van der Waals surface area contributed by atoms with Gasteiger partial charge in [0.05, 0.1) is 11.1 Å². The molecule has 1 N–H and O–H groups in total. The van der Waals surface area contributed by atoms with Crippen molar-refractivity contribution in [1.29, 1.82) is 0 Å². The van der Waals surface area contributed by atoms with E-state index in [0.29, 0.717) is 11.1 Å². The van der Waals surface area contributed by atoms with E-state index in [2.05, 4.69) is 26.1 Å². The minimum absolute atomic E-state index is 0.144. The molecule has 0 spiro atoms. The van der Waals surface area contributed by atoms with Crippen molar-refractivity contribution in [3.8, 4) is 0 Å². The summed E-state index contributed by atoms with van der Waals surface area (Å²) in [6.07, 6.45) is 0.738. The van der Waals surface area contributed by atoms with Crippen LogP contribution in [0.3, 0.4) is 0 Å². The van der Waals surface area contributed by atoms with Gasteiger partial charge >= 0.3 is 0 Å². The zero-order valence-electron chi connectivity index (χ0n) is 11.2. The quantitative estimate of drug-likeness (QED) is 0.895. The first-order chi connectivity index (χ1) is 9.20. The second-order valence-corrected chi connectivity index (χ2v) is 5.68. The summed E-state index contributed by atoms with van der Waals surface area (Å²) in [5.74, 6) is -0.144. The minimum atomic E-state index is -0.144. The molecule has 1 aromatic rings. The van der Waals surface area contributed by atoms with Crippen LogP contribution >= 0.6 is 15.9 Å². The molecule has 1 aromatic carbocycles. The summed E-state index contributed by atoms with van der Waals surface area (Å²) in [5, 5.41) is 3.32. The van der Waals surface area contributed by atoms with Crippen LogP contribution in [0.25, 0.3) is 0 Å². The third kappa shape index (κ3) is 4.24. The Bertz CT molecular complexity index is 422. The van der Waals surface area contributed by atoms with Crippen LogP contribution < -0.4 is 5.32 Å². The standard InChI is InChI=1S/C14H20BrFN2O/c1-19-10-11-8-12(14(16)13(15)9-11)2-5-18-6-3-17-4-7-18/h8-9,17H,2-7,10H2,1H3. The van der Waals surface area contributed by atoms with Crippen molar-refractivity contribution in [2.24, 2.45) is 0 Å². The number of halogens is 2. The Kier molecular flexibility index (Phi) is 5.76. The van der Waals surface area contributed by atoms with Crippen LogP contribution in [0.15, 0.2) is 16.6 Å². The Morgan fingerprint density at radius 1 is 1.37 bits per heavy atom. The van der Waals surface area contributed by atoms with Gasteiger partial charge in [0.15, 0.2) is 0 Å². The molecule has 1 heterocycles. The van der Waals surface area contributed by atoms with E-state index < -0.39 is 0 Å². The highest BCUT2D eigenvalue weighted by molar-refractivity contribution is 9.10. The second kappa shape index (κ2) is 7.33. The summed E-state index contributed by atoms with van der Waals surface area (Å²) in [7, 11) is 1.65. The summed E-state index contributed by atoms with van der Waals surface area (Å²) in [4.78, 5) is 2.37. The molecule has 0 radical (unpaired) electrons. The van der Waals surface area contributed by atoms with Gasteiger partial charge in [-0.25, -0.2) is 4.39 Å². The van der Waals surface area contributed by atoms with Crippen molar-refractivity contribution in [1.82, 2.24) is 10.2 Å². The predicted octanol–water partition coefficient (Wildman–Crippen LogP) is 2.18. The van der Waals surface area contributed by atoms with Crippen molar-refractivity contribution < 1.29 is 9.13 Å². The fourth-order valence-corrected chi connectivity index (χ4v) is 2.90. The number of benzene rings is 1. The van der Waals surface area contributed by atoms with Gasteiger partial charge in [0.25, 0.3) is 0 Å². The lowest BCUT2D eigenvalue weighted by atomic mass is 10.1. The maximum Gasteiger partial charge on any atom is 0.140 e. The molecule has 0 amide bonds. The number of ether oxygens (including phenoxy) is 1. The number of rotatable bonds is 5. The van der Waals surface area contributed by atoms with Crippen molar-refractivity contribution in [2.45, 2.75) is 13.0 Å². The fraction of sp³-hybridized carbons (Fsp3) is 0.571. The number of methoxy groups -OCH3 is 1. The Labute approximate surface area is 122 Å². The van der Waals surface area contributed by atoms with E-state index >= 15 is 0 Å². The summed E-state index contributed by atoms with van der Waals surface area (Å²) in [6.45, 7) is 5.55. The topological polar surface area (TPSA) is 24.5 Å².